The van der Waals surface area contributed by atoms with Crippen molar-refractivity contribution in [1.82, 2.24) is 0 Å². The Labute approximate surface area is 227 Å². The average Bonchev–Trinajstić information content (AvgIpc) is 3.35. The zero-order valence-corrected chi connectivity index (χ0v) is 29.6. The molecule has 1 rings (SSSR count). The number of ether oxygens (including phenoxy) is 1. The van der Waals surface area contributed by atoms with Crippen LogP contribution in [0.25, 0.3) is 0 Å². The molecule has 0 bridgehead atoms. The minimum Gasteiger partial charge on any atom is -0.414 e. The van der Waals surface area contributed by atoms with E-state index in [4.69, 9.17) is 18.0 Å². The first-order valence-electron chi connectivity index (χ1n) is 14.0. The van der Waals surface area contributed by atoms with Gasteiger partial charge >= 0.3 is 0 Å². The Morgan fingerprint density at radius 2 is 1.08 bits per heavy atom. The maximum atomic E-state index is 11.3. The molecule has 1 aliphatic heterocycles. The predicted molar refractivity (Wildman–Crippen MR) is 160 cm³/mol. The van der Waals surface area contributed by atoms with Crippen molar-refractivity contribution in [3.8, 4) is 0 Å². The van der Waals surface area contributed by atoms with E-state index in [0.29, 0.717) is 0 Å². The molecule has 1 aliphatic rings. The second kappa shape index (κ2) is 11.7. The number of hydrogen-bond donors (Lipinski definition) is 0. The molecule has 0 N–H and O–H groups in total. The van der Waals surface area contributed by atoms with E-state index >= 15 is 0 Å². The molecule has 0 spiro atoms. The van der Waals surface area contributed by atoms with Crippen molar-refractivity contribution in [3.05, 3.63) is 0 Å². The highest BCUT2D eigenvalue weighted by atomic mass is 28.4. The maximum absolute atomic E-state index is 11.3. The molecule has 0 radical (unpaired) electrons. The minimum absolute atomic E-state index is 0.00400. The normalized spacial score (nSPS) is 22.8. The van der Waals surface area contributed by atoms with Crippen LogP contribution in [0, 0.1) is 0 Å². The predicted octanol–water partition coefficient (Wildman–Crippen LogP) is 8.31. The molecule has 0 unspecified atom stereocenters. The molecule has 0 aromatic carbocycles. The van der Waals surface area contributed by atoms with Gasteiger partial charge in [0.15, 0.2) is 31.2 Å². The van der Waals surface area contributed by atoms with Crippen LogP contribution >= 0.6 is 0 Å². The third kappa shape index (κ3) is 9.72. The highest BCUT2D eigenvalue weighted by Crippen LogP contribution is 2.42. The summed E-state index contributed by atoms with van der Waals surface area (Å²) in [4.78, 5) is 11.3. The molecule has 5 atom stereocenters. The molecular weight excluding hydrogens is 501 g/mol. The van der Waals surface area contributed by atoms with Crippen LogP contribution in [0.3, 0.4) is 0 Å². The van der Waals surface area contributed by atoms with Crippen molar-refractivity contribution in [2.24, 2.45) is 0 Å². The van der Waals surface area contributed by atoms with Gasteiger partial charge < -0.3 is 22.8 Å². The summed E-state index contributed by atoms with van der Waals surface area (Å²) in [6.45, 7) is 36.7. The Bertz CT molecular complexity index is 716. The van der Waals surface area contributed by atoms with E-state index < -0.39 is 25.0 Å². The fraction of sp³-hybridized carbons (Fsp3) is 0.964. The fourth-order valence-corrected chi connectivity index (χ4v) is 7.90. The van der Waals surface area contributed by atoms with Crippen molar-refractivity contribution >= 4 is 31.2 Å². The van der Waals surface area contributed by atoms with E-state index in [-0.39, 0.29) is 45.6 Å². The van der Waals surface area contributed by atoms with Gasteiger partial charge in [-0.3, -0.25) is 0 Å². The summed E-state index contributed by atoms with van der Waals surface area (Å²) >= 11 is 0. The van der Waals surface area contributed by atoms with E-state index in [1.54, 1.807) is 0 Å². The van der Waals surface area contributed by atoms with Gasteiger partial charge in [0, 0.05) is 18.6 Å². The van der Waals surface area contributed by atoms with Crippen LogP contribution in [0.1, 0.15) is 88.5 Å². The third-order valence-corrected chi connectivity index (χ3v) is 22.9. The Hall–Kier alpha value is 0.161. The minimum atomic E-state index is -2.02. The summed E-state index contributed by atoms with van der Waals surface area (Å²) in [5, 5.41) is 0.388. The van der Waals surface area contributed by atoms with E-state index in [0.717, 1.165) is 25.5 Å². The van der Waals surface area contributed by atoms with Gasteiger partial charge in [-0.2, -0.15) is 0 Å². The topological polar surface area (TPSA) is 57.3 Å². The number of hydrogen-bond acceptors (Lipinski definition) is 5. The molecule has 0 aromatic rings. The van der Waals surface area contributed by atoms with Gasteiger partial charge in [0.25, 0.3) is 0 Å². The lowest BCUT2D eigenvalue weighted by atomic mass is 10.0. The first kappa shape index (κ1) is 34.2. The summed E-state index contributed by atoms with van der Waals surface area (Å²) in [6.07, 6.45) is 3.13. The van der Waals surface area contributed by atoms with Crippen molar-refractivity contribution in [2.75, 3.05) is 0 Å². The largest absolute Gasteiger partial charge is 0.414 e. The fourth-order valence-electron chi connectivity index (χ4n) is 3.69. The quantitative estimate of drug-likeness (QED) is 0.129. The molecule has 0 aromatic heterocycles. The van der Waals surface area contributed by atoms with Gasteiger partial charge in [0.2, 0.25) is 0 Å². The van der Waals surface area contributed by atoms with E-state index in [1.807, 2.05) is 0 Å². The van der Waals surface area contributed by atoms with Crippen molar-refractivity contribution in [2.45, 2.75) is 173 Å². The van der Waals surface area contributed by atoms with E-state index in [2.05, 4.69) is 109 Å². The molecule has 214 valence electrons. The van der Waals surface area contributed by atoms with E-state index in [9.17, 15) is 4.79 Å². The zero-order chi connectivity index (χ0) is 28.5. The standard InChI is InChI=1S/C28H60O5Si3/c1-21(31-34(11,12)26(2,3)4)17-22(32-35(13,14)27(5,6)7)18-23(19-24-25(20-29)30-24)33-36(15,16)28(8,9)10/h20-25H,17-19H2,1-16H3/t21-,22-,23-,24-,25-/m0/s1. The van der Waals surface area contributed by atoms with Gasteiger partial charge in [-0.25, -0.2) is 0 Å². The molecule has 1 heterocycles. The summed E-state index contributed by atoms with van der Waals surface area (Å²) in [7, 11) is -5.92. The molecule has 5 nitrogen and oxygen atoms in total. The highest BCUT2D eigenvalue weighted by Gasteiger charge is 2.46. The third-order valence-electron chi connectivity index (χ3n) is 9.21. The molecule has 8 heteroatoms. The van der Waals surface area contributed by atoms with Crippen LogP contribution in [0.4, 0.5) is 0 Å². The molecule has 36 heavy (non-hydrogen) atoms. The Balaban J connectivity index is 3.21. The van der Waals surface area contributed by atoms with Crippen LogP contribution in [0.2, 0.25) is 54.4 Å². The molecule has 0 amide bonds. The van der Waals surface area contributed by atoms with Crippen LogP contribution in [-0.2, 0) is 22.8 Å². The first-order valence-corrected chi connectivity index (χ1v) is 22.7. The van der Waals surface area contributed by atoms with Crippen LogP contribution in [-0.4, -0.2) is 61.8 Å². The number of carbonyl (C=O) groups excluding carboxylic acids is 1. The average molecular weight is 561 g/mol. The van der Waals surface area contributed by atoms with Gasteiger partial charge in [-0.15, -0.1) is 0 Å². The lowest BCUT2D eigenvalue weighted by Crippen LogP contribution is -2.49. The van der Waals surface area contributed by atoms with Crippen molar-refractivity contribution in [3.63, 3.8) is 0 Å². The van der Waals surface area contributed by atoms with Gasteiger partial charge in [-0.05, 0) is 74.2 Å². The maximum Gasteiger partial charge on any atom is 0.192 e. The number of carbonyl (C=O) groups is 1. The highest BCUT2D eigenvalue weighted by molar-refractivity contribution is 6.75. The second-order valence-corrected chi connectivity index (χ2v) is 29.9. The molecule has 1 saturated heterocycles. The van der Waals surface area contributed by atoms with Crippen LogP contribution in [0.5, 0.6) is 0 Å². The van der Waals surface area contributed by atoms with Gasteiger partial charge in [-0.1, -0.05) is 62.3 Å². The SMILES string of the molecule is C[C@@H](C[C@@H](C[C@@H](C[C@@H]1O[C@H]1C=O)O[Si](C)(C)C(C)(C)C)O[Si](C)(C)C(C)(C)C)O[Si](C)(C)C(C)(C)C. The van der Waals surface area contributed by atoms with Gasteiger partial charge in [0.05, 0.1) is 12.2 Å². The number of epoxide rings is 1. The summed E-state index contributed by atoms with van der Waals surface area (Å²) in [5.74, 6) is 0. The lowest BCUT2D eigenvalue weighted by molar-refractivity contribution is -0.108. The number of aldehydes is 1. The second-order valence-electron chi connectivity index (χ2n) is 15.7. The molecule has 0 saturated carbocycles. The summed E-state index contributed by atoms with van der Waals surface area (Å²) < 4.78 is 26.4. The lowest BCUT2D eigenvalue weighted by Gasteiger charge is -2.44. The number of rotatable bonds is 13. The summed E-state index contributed by atoms with van der Waals surface area (Å²) in [5.41, 5.74) is 0. The first-order chi connectivity index (χ1) is 15.8. The van der Waals surface area contributed by atoms with E-state index in [1.165, 1.54) is 0 Å². The van der Waals surface area contributed by atoms with Crippen LogP contribution < -0.4 is 0 Å². The monoisotopic (exact) mass is 560 g/mol. The Kier molecular flexibility index (Phi) is 11.1. The van der Waals surface area contributed by atoms with Crippen molar-refractivity contribution < 1.29 is 22.8 Å². The summed E-state index contributed by atoms with van der Waals surface area (Å²) in [6, 6.07) is 0. The molecule has 1 fully saturated rings. The Morgan fingerprint density at radius 1 is 0.694 bits per heavy atom. The van der Waals surface area contributed by atoms with Gasteiger partial charge in [0.1, 0.15) is 6.10 Å². The smallest absolute Gasteiger partial charge is 0.192 e. The Morgan fingerprint density at radius 3 is 1.44 bits per heavy atom. The van der Waals surface area contributed by atoms with Crippen LogP contribution in [0.15, 0.2) is 0 Å². The molecular formula is C28H60O5Si3. The zero-order valence-electron chi connectivity index (χ0n) is 26.6. The molecule has 0 aliphatic carbocycles. The van der Waals surface area contributed by atoms with Crippen molar-refractivity contribution in [1.29, 1.82) is 0 Å².